The monoisotopic (exact) mass is 306 g/mol. The Morgan fingerprint density at radius 3 is 2.32 bits per heavy atom. The lowest BCUT2D eigenvalue weighted by Crippen LogP contribution is -2.42. The van der Waals surface area contributed by atoms with E-state index in [1.165, 1.54) is 6.92 Å². The molecule has 0 aliphatic heterocycles. The molecule has 0 atom stereocenters. The molecular formula is C10H14F4O4S. The maximum Gasteiger partial charge on any atom is 0.445 e. The van der Waals surface area contributed by atoms with Crippen LogP contribution in [-0.4, -0.2) is 24.6 Å². The SMILES string of the molecule is C=C(C)C(=O)OCCCCC(F)(F)C(F)(F)OOS. The van der Waals surface area contributed by atoms with Crippen molar-refractivity contribution < 1.29 is 36.3 Å². The van der Waals surface area contributed by atoms with Gasteiger partial charge < -0.3 is 4.74 Å². The Kier molecular flexibility index (Phi) is 7.38. The first kappa shape index (κ1) is 18.2. The Balaban J connectivity index is 3.99. The number of hydrogen-bond acceptors (Lipinski definition) is 5. The van der Waals surface area contributed by atoms with Gasteiger partial charge in [-0.15, -0.1) is 4.89 Å². The second-order valence-corrected chi connectivity index (χ2v) is 3.90. The summed E-state index contributed by atoms with van der Waals surface area (Å²) in [5.74, 6) is -5.07. The van der Waals surface area contributed by atoms with Crippen molar-refractivity contribution in [1.82, 2.24) is 0 Å². The Bertz CT molecular complexity index is 323. The van der Waals surface area contributed by atoms with Crippen molar-refractivity contribution >= 4 is 18.9 Å². The number of rotatable bonds is 9. The summed E-state index contributed by atoms with van der Waals surface area (Å²) in [5, 5.41) is 0. The Morgan fingerprint density at radius 1 is 1.26 bits per heavy atom. The number of alkyl halides is 4. The van der Waals surface area contributed by atoms with Gasteiger partial charge in [0.15, 0.2) is 0 Å². The maximum atomic E-state index is 13.0. The zero-order valence-corrected chi connectivity index (χ0v) is 11.0. The van der Waals surface area contributed by atoms with Gasteiger partial charge in [-0.3, -0.25) is 0 Å². The Labute approximate surface area is 113 Å². The molecule has 0 unspecified atom stereocenters. The summed E-state index contributed by atoms with van der Waals surface area (Å²) in [6.07, 6.45) is -6.21. The van der Waals surface area contributed by atoms with E-state index in [4.69, 9.17) is 0 Å². The molecule has 0 aromatic heterocycles. The number of unbranched alkanes of at least 4 members (excludes halogenated alkanes) is 1. The highest BCUT2D eigenvalue weighted by atomic mass is 32.1. The molecule has 0 amide bonds. The van der Waals surface area contributed by atoms with Crippen LogP contribution in [0.25, 0.3) is 0 Å². The molecule has 0 aromatic rings. The summed E-state index contributed by atoms with van der Waals surface area (Å²) >= 11 is 2.81. The molecule has 0 bridgehead atoms. The zero-order chi connectivity index (χ0) is 15.1. The predicted molar refractivity (Wildman–Crippen MR) is 60.7 cm³/mol. The van der Waals surface area contributed by atoms with Crippen LogP contribution in [0.3, 0.4) is 0 Å². The van der Waals surface area contributed by atoms with E-state index in [2.05, 4.69) is 33.4 Å². The van der Waals surface area contributed by atoms with Gasteiger partial charge >= 0.3 is 18.0 Å². The number of halogens is 4. The van der Waals surface area contributed by atoms with Gasteiger partial charge in [-0.2, -0.15) is 21.9 Å². The highest BCUT2D eigenvalue weighted by Crippen LogP contribution is 2.39. The minimum atomic E-state index is -4.77. The van der Waals surface area contributed by atoms with Crippen molar-refractivity contribution in [2.75, 3.05) is 6.61 Å². The van der Waals surface area contributed by atoms with Gasteiger partial charge in [0.25, 0.3) is 0 Å². The molecule has 0 fully saturated rings. The molecule has 19 heavy (non-hydrogen) atoms. The Morgan fingerprint density at radius 2 is 1.84 bits per heavy atom. The summed E-state index contributed by atoms with van der Waals surface area (Å²) in [4.78, 5) is 14.0. The van der Waals surface area contributed by atoms with Crippen molar-refractivity contribution in [2.24, 2.45) is 0 Å². The third kappa shape index (κ3) is 6.26. The van der Waals surface area contributed by atoms with Crippen LogP contribution in [0.5, 0.6) is 0 Å². The maximum absolute atomic E-state index is 13.0. The van der Waals surface area contributed by atoms with E-state index in [0.29, 0.717) is 0 Å². The summed E-state index contributed by atoms with van der Waals surface area (Å²) in [6.45, 7) is 4.58. The third-order valence-electron chi connectivity index (χ3n) is 2.03. The second-order valence-electron chi connectivity index (χ2n) is 3.75. The lowest BCUT2D eigenvalue weighted by Gasteiger charge is -2.23. The van der Waals surface area contributed by atoms with Gasteiger partial charge in [0.2, 0.25) is 0 Å². The quantitative estimate of drug-likeness (QED) is 0.104. The number of ether oxygens (including phenoxy) is 1. The van der Waals surface area contributed by atoms with E-state index in [1.807, 2.05) is 0 Å². The molecule has 0 aromatic carbocycles. The van der Waals surface area contributed by atoms with Crippen LogP contribution in [-0.2, 0) is 18.8 Å². The average Bonchev–Trinajstić information content (AvgIpc) is 2.27. The minimum Gasteiger partial charge on any atom is -0.462 e. The van der Waals surface area contributed by atoms with Crippen LogP contribution in [0, 0.1) is 0 Å². The number of hydrogen-bond donors (Lipinski definition) is 1. The van der Waals surface area contributed by atoms with E-state index in [0.717, 1.165) is 0 Å². The lowest BCUT2D eigenvalue weighted by atomic mass is 10.1. The van der Waals surface area contributed by atoms with Crippen molar-refractivity contribution in [3.8, 4) is 0 Å². The van der Waals surface area contributed by atoms with Gasteiger partial charge in [0.1, 0.15) is 0 Å². The lowest BCUT2D eigenvalue weighted by molar-refractivity contribution is -0.444. The molecule has 0 rings (SSSR count). The molecule has 0 N–H and O–H groups in total. The van der Waals surface area contributed by atoms with Gasteiger partial charge in [-0.25, -0.2) is 4.79 Å². The molecule has 0 aliphatic carbocycles. The predicted octanol–water partition coefficient (Wildman–Crippen LogP) is 3.30. The van der Waals surface area contributed by atoms with E-state index in [9.17, 15) is 22.4 Å². The normalized spacial score (nSPS) is 12.3. The fourth-order valence-electron chi connectivity index (χ4n) is 0.990. The van der Waals surface area contributed by atoms with Crippen molar-refractivity contribution in [3.63, 3.8) is 0 Å². The average molecular weight is 306 g/mol. The van der Waals surface area contributed by atoms with Gasteiger partial charge in [-0.1, -0.05) is 6.58 Å². The molecule has 0 spiro atoms. The fourth-order valence-corrected chi connectivity index (χ4v) is 1.08. The fraction of sp³-hybridized carbons (Fsp3) is 0.700. The van der Waals surface area contributed by atoms with Gasteiger partial charge in [0.05, 0.1) is 6.61 Å². The number of carbonyl (C=O) groups is 1. The molecule has 0 saturated heterocycles. The molecule has 112 valence electrons. The summed E-state index contributed by atoms with van der Waals surface area (Å²) in [5.41, 5.74) is 0.163. The van der Waals surface area contributed by atoms with Crippen molar-refractivity contribution in [3.05, 3.63) is 12.2 Å². The number of esters is 1. The van der Waals surface area contributed by atoms with Crippen LogP contribution in [0.1, 0.15) is 26.2 Å². The first-order valence-corrected chi connectivity index (χ1v) is 5.58. The molecule has 4 nitrogen and oxygen atoms in total. The first-order chi connectivity index (χ1) is 8.64. The van der Waals surface area contributed by atoms with Crippen LogP contribution < -0.4 is 0 Å². The molecule has 9 heteroatoms. The van der Waals surface area contributed by atoms with E-state index in [-0.39, 0.29) is 25.0 Å². The van der Waals surface area contributed by atoms with Crippen LogP contribution in [0.4, 0.5) is 17.6 Å². The molecule has 0 aliphatic rings. The zero-order valence-electron chi connectivity index (χ0n) is 10.1. The topological polar surface area (TPSA) is 44.8 Å². The van der Waals surface area contributed by atoms with Crippen LogP contribution in [0.15, 0.2) is 12.2 Å². The molecule has 0 radical (unpaired) electrons. The number of carbonyl (C=O) groups excluding carboxylic acids is 1. The minimum absolute atomic E-state index is 0.00637. The van der Waals surface area contributed by atoms with Crippen LogP contribution >= 0.6 is 12.9 Å². The standard InChI is InChI=1S/C10H14F4O4S/c1-7(2)8(15)16-6-4-3-5-9(11,12)10(13,14)17-18-19/h19H,1,3-6H2,2H3. The Hall–Kier alpha value is -0.800. The van der Waals surface area contributed by atoms with Crippen molar-refractivity contribution in [1.29, 1.82) is 0 Å². The highest BCUT2D eigenvalue weighted by Gasteiger charge is 2.58. The summed E-state index contributed by atoms with van der Waals surface area (Å²) < 4.78 is 59.3. The summed E-state index contributed by atoms with van der Waals surface area (Å²) in [6, 6.07) is 0. The van der Waals surface area contributed by atoms with E-state index in [1.54, 1.807) is 0 Å². The molecule has 0 heterocycles. The second kappa shape index (κ2) is 7.71. The first-order valence-electron chi connectivity index (χ1n) is 5.21. The smallest absolute Gasteiger partial charge is 0.445 e. The molecule has 0 saturated carbocycles. The van der Waals surface area contributed by atoms with Crippen molar-refractivity contribution in [2.45, 2.75) is 38.2 Å². The van der Waals surface area contributed by atoms with E-state index < -0.39 is 24.4 Å². The third-order valence-corrected chi connectivity index (χ3v) is 2.11. The van der Waals surface area contributed by atoms with Gasteiger partial charge in [-0.05, 0) is 19.8 Å². The molecular weight excluding hydrogens is 292 g/mol. The largest absolute Gasteiger partial charge is 0.462 e. The van der Waals surface area contributed by atoms with Gasteiger partial charge in [0, 0.05) is 24.9 Å². The number of thiol groups is 1. The van der Waals surface area contributed by atoms with Crippen LogP contribution in [0.2, 0.25) is 0 Å². The highest BCUT2D eigenvalue weighted by molar-refractivity contribution is 7.74. The summed E-state index contributed by atoms with van der Waals surface area (Å²) in [7, 11) is 0. The van der Waals surface area contributed by atoms with E-state index >= 15 is 0 Å².